The number of imidazole rings is 1. The molecule has 94 valence electrons. The maximum Gasteiger partial charge on any atom is 0.166 e. The van der Waals surface area contributed by atoms with Crippen LogP contribution in [0, 0.1) is 6.92 Å². The average Bonchev–Trinajstić information content (AvgIpc) is 2.83. The van der Waals surface area contributed by atoms with Gasteiger partial charge in [-0.2, -0.15) is 0 Å². The molecule has 0 aliphatic carbocycles. The zero-order chi connectivity index (χ0) is 13.2. The molecule has 3 rings (SSSR count). The summed E-state index contributed by atoms with van der Waals surface area (Å²) in [6.07, 6.45) is 3.57. The molecule has 3 nitrogen and oxygen atoms in total. The van der Waals surface area contributed by atoms with Crippen molar-refractivity contribution in [2.45, 2.75) is 13.3 Å². The van der Waals surface area contributed by atoms with Crippen molar-refractivity contribution in [3.63, 3.8) is 0 Å². The third kappa shape index (κ3) is 2.15. The first-order chi connectivity index (χ1) is 9.28. The molecule has 0 unspecified atom stereocenters. The van der Waals surface area contributed by atoms with E-state index in [0.29, 0.717) is 5.69 Å². The minimum atomic E-state index is 0.626. The number of pyridine rings is 1. The fourth-order valence-corrected chi connectivity index (χ4v) is 2.27. The van der Waals surface area contributed by atoms with Crippen molar-refractivity contribution in [1.82, 2.24) is 9.38 Å². The zero-order valence-electron chi connectivity index (χ0n) is 10.7. The first-order valence-electron chi connectivity index (χ1n) is 6.24. The topological polar surface area (TPSA) is 34.4 Å². The summed E-state index contributed by atoms with van der Waals surface area (Å²) in [6.45, 7) is 2.10. The molecule has 3 heteroatoms. The van der Waals surface area contributed by atoms with Crippen molar-refractivity contribution >= 4 is 11.9 Å². The SMILES string of the molecule is Cc1ccccc1Cc1cn2c(C=O)cccc2n1. The van der Waals surface area contributed by atoms with Gasteiger partial charge in [0.25, 0.3) is 0 Å². The van der Waals surface area contributed by atoms with Crippen LogP contribution in [-0.2, 0) is 6.42 Å². The molecule has 0 spiro atoms. The number of aromatic nitrogens is 2. The molecule has 0 saturated carbocycles. The lowest BCUT2D eigenvalue weighted by atomic mass is 10.0. The highest BCUT2D eigenvalue weighted by molar-refractivity contribution is 5.73. The molecule has 1 aromatic carbocycles. The maximum atomic E-state index is 11.0. The van der Waals surface area contributed by atoms with Gasteiger partial charge in [-0.25, -0.2) is 4.98 Å². The Balaban J connectivity index is 2.03. The Morgan fingerprint density at radius 3 is 2.79 bits per heavy atom. The number of hydrogen-bond acceptors (Lipinski definition) is 2. The van der Waals surface area contributed by atoms with Gasteiger partial charge in [-0.1, -0.05) is 30.3 Å². The van der Waals surface area contributed by atoms with Crippen LogP contribution in [0.4, 0.5) is 0 Å². The summed E-state index contributed by atoms with van der Waals surface area (Å²) >= 11 is 0. The van der Waals surface area contributed by atoms with E-state index in [-0.39, 0.29) is 0 Å². The molecule has 0 amide bonds. The third-order valence-corrected chi connectivity index (χ3v) is 3.33. The van der Waals surface area contributed by atoms with Crippen LogP contribution in [0.1, 0.15) is 27.3 Å². The average molecular weight is 250 g/mol. The maximum absolute atomic E-state index is 11.0. The second-order valence-corrected chi connectivity index (χ2v) is 4.63. The minimum Gasteiger partial charge on any atom is -0.297 e. The molecular formula is C16H14N2O. The highest BCUT2D eigenvalue weighted by atomic mass is 16.1. The van der Waals surface area contributed by atoms with Gasteiger partial charge >= 0.3 is 0 Å². The van der Waals surface area contributed by atoms with E-state index >= 15 is 0 Å². The molecule has 0 fully saturated rings. The van der Waals surface area contributed by atoms with Gasteiger partial charge in [0.15, 0.2) is 6.29 Å². The fraction of sp³-hybridized carbons (Fsp3) is 0.125. The van der Waals surface area contributed by atoms with Gasteiger partial charge in [-0.3, -0.25) is 9.20 Å². The molecule has 2 heterocycles. The Kier molecular flexibility index (Phi) is 2.88. The predicted molar refractivity (Wildman–Crippen MR) is 74.6 cm³/mol. The van der Waals surface area contributed by atoms with Crippen molar-refractivity contribution in [3.8, 4) is 0 Å². The number of hydrogen-bond donors (Lipinski definition) is 0. The van der Waals surface area contributed by atoms with Crippen molar-refractivity contribution < 1.29 is 4.79 Å². The number of fused-ring (bicyclic) bond motifs is 1. The van der Waals surface area contributed by atoms with E-state index in [2.05, 4.69) is 24.0 Å². The summed E-state index contributed by atoms with van der Waals surface area (Å²) in [5.74, 6) is 0. The number of nitrogens with zero attached hydrogens (tertiary/aromatic N) is 2. The van der Waals surface area contributed by atoms with Gasteiger partial charge in [0, 0.05) is 12.6 Å². The Labute approximate surface area is 111 Å². The molecule has 2 aromatic heterocycles. The first-order valence-corrected chi connectivity index (χ1v) is 6.24. The Morgan fingerprint density at radius 1 is 1.16 bits per heavy atom. The molecular weight excluding hydrogens is 236 g/mol. The van der Waals surface area contributed by atoms with Crippen LogP contribution < -0.4 is 0 Å². The van der Waals surface area contributed by atoms with Crippen molar-refractivity contribution in [2.24, 2.45) is 0 Å². The monoisotopic (exact) mass is 250 g/mol. The molecule has 0 aliphatic rings. The largest absolute Gasteiger partial charge is 0.297 e. The van der Waals surface area contributed by atoms with Gasteiger partial charge in [-0.15, -0.1) is 0 Å². The standard InChI is InChI=1S/C16H14N2O/c1-12-5-2-3-6-13(12)9-14-10-18-15(11-19)7-4-8-16(18)17-14/h2-8,10-11H,9H2,1H3. The Bertz CT molecular complexity index is 743. The van der Waals surface area contributed by atoms with E-state index < -0.39 is 0 Å². The van der Waals surface area contributed by atoms with Crippen molar-refractivity contribution in [2.75, 3.05) is 0 Å². The van der Waals surface area contributed by atoms with Gasteiger partial charge in [0.1, 0.15) is 5.65 Å². The molecule has 0 N–H and O–H groups in total. The van der Waals surface area contributed by atoms with E-state index in [9.17, 15) is 4.79 Å². The third-order valence-electron chi connectivity index (χ3n) is 3.33. The molecule has 0 bridgehead atoms. The molecule has 0 radical (unpaired) electrons. The summed E-state index contributed by atoms with van der Waals surface area (Å²) < 4.78 is 1.83. The van der Waals surface area contributed by atoms with Gasteiger partial charge in [0.05, 0.1) is 11.4 Å². The summed E-state index contributed by atoms with van der Waals surface area (Å²) in [7, 11) is 0. The summed E-state index contributed by atoms with van der Waals surface area (Å²) in [5.41, 5.74) is 4.94. The molecule has 0 atom stereocenters. The smallest absolute Gasteiger partial charge is 0.166 e. The predicted octanol–water partition coefficient (Wildman–Crippen LogP) is 3.05. The van der Waals surface area contributed by atoms with Crippen molar-refractivity contribution in [1.29, 1.82) is 0 Å². The fourth-order valence-electron chi connectivity index (χ4n) is 2.27. The lowest BCUT2D eigenvalue weighted by Crippen LogP contribution is -1.92. The van der Waals surface area contributed by atoms with E-state index in [0.717, 1.165) is 24.0 Å². The Morgan fingerprint density at radius 2 is 2.00 bits per heavy atom. The quantitative estimate of drug-likeness (QED) is 0.669. The number of carbonyl (C=O) groups is 1. The molecule has 3 aromatic rings. The number of carbonyl (C=O) groups excluding carboxylic acids is 1. The molecule has 0 saturated heterocycles. The van der Waals surface area contributed by atoms with E-state index in [1.54, 1.807) is 6.07 Å². The summed E-state index contributed by atoms with van der Waals surface area (Å²) in [5, 5.41) is 0. The van der Waals surface area contributed by atoms with E-state index in [4.69, 9.17) is 0 Å². The lowest BCUT2D eigenvalue weighted by Gasteiger charge is -2.02. The molecule has 19 heavy (non-hydrogen) atoms. The zero-order valence-corrected chi connectivity index (χ0v) is 10.7. The van der Waals surface area contributed by atoms with Crippen LogP contribution in [-0.4, -0.2) is 15.7 Å². The summed E-state index contributed by atoms with van der Waals surface area (Å²) in [4.78, 5) is 15.6. The van der Waals surface area contributed by atoms with Gasteiger partial charge < -0.3 is 0 Å². The molecule has 0 aliphatic heterocycles. The number of aryl methyl sites for hydroxylation is 1. The number of aldehydes is 1. The van der Waals surface area contributed by atoms with Crippen LogP contribution in [0.3, 0.4) is 0 Å². The van der Waals surface area contributed by atoms with Gasteiger partial charge in [-0.05, 0) is 30.2 Å². The number of rotatable bonds is 3. The second-order valence-electron chi connectivity index (χ2n) is 4.63. The number of benzene rings is 1. The van der Waals surface area contributed by atoms with Crippen LogP contribution in [0.25, 0.3) is 5.65 Å². The Hall–Kier alpha value is -2.42. The highest BCUT2D eigenvalue weighted by Crippen LogP contribution is 2.14. The highest BCUT2D eigenvalue weighted by Gasteiger charge is 2.06. The minimum absolute atomic E-state index is 0.626. The lowest BCUT2D eigenvalue weighted by molar-refractivity contribution is 0.111. The van der Waals surface area contributed by atoms with Crippen LogP contribution in [0.5, 0.6) is 0 Å². The normalized spacial score (nSPS) is 10.8. The van der Waals surface area contributed by atoms with E-state index in [1.807, 2.05) is 34.9 Å². The van der Waals surface area contributed by atoms with E-state index in [1.165, 1.54) is 11.1 Å². The van der Waals surface area contributed by atoms with Crippen LogP contribution in [0.15, 0.2) is 48.7 Å². The van der Waals surface area contributed by atoms with Crippen molar-refractivity contribution in [3.05, 3.63) is 71.2 Å². The second kappa shape index (κ2) is 4.69. The van der Waals surface area contributed by atoms with Gasteiger partial charge in [0.2, 0.25) is 0 Å². The first kappa shape index (κ1) is 11.7. The van der Waals surface area contributed by atoms with Crippen LogP contribution >= 0.6 is 0 Å². The van der Waals surface area contributed by atoms with Crippen LogP contribution in [0.2, 0.25) is 0 Å². The summed E-state index contributed by atoms with van der Waals surface area (Å²) in [6, 6.07) is 13.8.